The van der Waals surface area contributed by atoms with Crippen molar-refractivity contribution >= 4 is 22.7 Å². The van der Waals surface area contributed by atoms with Gasteiger partial charge in [0.05, 0.1) is 14.2 Å². The molecule has 31 heavy (non-hydrogen) atoms. The van der Waals surface area contributed by atoms with Gasteiger partial charge in [-0.3, -0.25) is 4.79 Å². The van der Waals surface area contributed by atoms with Gasteiger partial charge in [0.15, 0.2) is 17.6 Å². The van der Waals surface area contributed by atoms with E-state index in [0.29, 0.717) is 16.9 Å². The number of aromatic nitrogens is 1. The number of hydrogen-bond donors (Lipinski definition) is 1. The molecule has 1 aromatic heterocycles. The van der Waals surface area contributed by atoms with Crippen molar-refractivity contribution < 1.29 is 23.8 Å². The minimum absolute atomic E-state index is 0.175. The van der Waals surface area contributed by atoms with E-state index in [1.807, 2.05) is 30.3 Å². The fourth-order valence-electron chi connectivity index (χ4n) is 3.54. The molecule has 0 fully saturated rings. The normalized spacial score (nSPS) is 11.7. The average molecular weight is 415 g/mol. The van der Waals surface area contributed by atoms with E-state index in [0.717, 1.165) is 10.9 Å². The van der Waals surface area contributed by atoms with E-state index in [9.17, 15) is 9.59 Å². The van der Waals surface area contributed by atoms with E-state index in [2.05, 4.69) is 4.98 Å². The number of esters is 1. The summed E-state index contributed by atoms with van der Waals surface area (Å²) in [6, 6.07) is 21.3. The van der Waals surface area contributed by atoms with Crippen LogP contribution >= 0.6 is 0 Å². The first-order chi connectivity index (χ1) is 15.1. The number of rotatable bonds is 7. The van der Waals surface area contributed by atoms with Gasteiger partial charge in [-0.05, 0) is 18.2 Å². The molecule has 0 saturated heterocycles. The number of H-pyrrole nitrogens is 1. The monoisotopic (exact) mass is 415 g/mol. The minimum Gasteiger partial charge on any atom is -0.493 e. The Morgan fingerprint density at radius 1 is 0.806 bits per heavy atom. The van der Waals surface area contributed by atoms with E-state index in [1.165, 1.54) is 14.2 Å². The second kappa shape index (κ2) is 8.75. The van der Waals surface area contributed by atoms with Gasteiger partial charge in [-0.2, -0.15) is 0 Å². The molecule has 1 N–H and O–H groups in total. The summed E-state index contributed by atoms with van der Waals surface area (Å²) in [5.74, 6) is -0.353. The number of para-hydroxylation sites is 2. The molecular formula is C25H21NO5. The van der Waals surface area contributed by atoms with Crippen LogP contribution in [0.1, 0.15) is 32.4 Å². The van der Waals surface area contributed by atoms with Gasteiger partial charge in [-0.25, -0.2) is 4.79 Å². The maximum atomic E-state index is 13.5. The van der Waals surface area contributed by atoms with Crippen molar-refractivity contribution in [3.63, 3.8) is 0 Å². The highest BCUT2D eigenvalue weighted by Crippen LogP contribution is 2.33. The first-order valence-corrected chi connectivity index (χ1v) is 9.71. The Balaban J connectivity index is 1.73. The predicted octanol–water partition coefficient (Wildman–Crippen LogP) is 4.97. The quantitative estimate of drug-likeness (QED) is 0.341. The number of methoxy groups -OCH3 is 2. The second-order valence-corrected chi connectivity index (χ2v) is 6.85. The molecule has 0 bridgehead atoms. The zero-order valence-electron chi connectivity index (χ0n) is 17.1. The number of nitrogens with one attached hydrogen (secondary N) is 1. The first-order valence-electron chi connectivity index (χ1n) is 9.71. The lowest BCUT2D eigenvalue weighted by atomic mass is 9.99. The molecule has 1 unspecified atom stereocenters. The van der Waals surface area contributed by atoms with Crippen molar-refractivity contribution in [3.8, 4) is 11.5 Å². The Hall–Kier alpha value is -4.06. The fraction of sp³-hybridized carbons (Fsp3) is 0.120. The lowest BCUT2D eigenvalue weighted by molar-refractivity contribution is 0.0277. The number of carbonyl (C=O) groups is 2. The van der Waals surface area contributed by atoms with E-state index < -0.39 is 12.1 Å². The molecule has 1 heterocycles. The van der Waals surface area contributed by atoms with E-state index in [1.54, 1.807) is 48.7 Å². The fourth-order valence-corrected chi connectivity index (χ4v) is 3.54. The number of Topliss-reactive ketones (excluding diaryl/α,β-unsaturated/α-hetero) is 1. The molecule has 0 aliphatic carbocycles. The average Bonchev–Trinajstić information content (AvgIpc) is 3.26. The molecule has 156 valence electrons. The zero-order chi connectivity index (χ0) is 21.8. The topological polar surface area (TPSA) is 77.6 Å². The summed E-state index contributed by atoms with van der Waals surface area (Å²) in [5, 5.41) is 0.767. The Morgan fingerprint density at radius 3 is 2.29 bits per heavy atom. The van der Waals surface area contributed by atoms with Crippen molar-refractivity contribution in [2.24, 2.45) is 0 Å². The van der Waals surface area contributed by atoms with E-state index >= 15 is 0 Å². The number of carbonyl (C=O) groups excluding carboxylic acids is 2. The summed E-state index contributed by atoms with van der Waals surface area (Å²) in [6.07, 6.45) is 0.520. The van der Waals surface area contributed by atoms with Crippen molar-refractivity contribution in [1.29, 1.82) is 0 Å². The summed E-state index contributed by atoms with van der Waals surface area (Å²) in [7, 11) is 2.93. The molecule has 1 atom stereocenters. The van der Waals surface area contributed by atoms with Gasteiger partial charge >= 0.3 is 5.97 Å². The smallest absolute Gasteiger partial charge is 0.343 e. The van der Waals surface area contributed by atoms with E-state index in [-0.39, 0.29) is 17.1 Å². The molecule has 3 aromatic carbocycles. The molecule has 0 saturated carbocycles. The highest BCUT2D eigenvalue weighted by atomic mass is 16.6. The third kappa shape index (κ3) is 3.88. The standard InChI is InChI=1S/C25H21NO5/c1-29-21-14-8-12-18(24(21)30-2)25(28)31-23(16-9-4-3-5-10-16)22(27)19-15-26-20-13-7-6-11-17(19)20/h3-15,23,26H,1-2H3. The SMILES string of the molecule is COc1cccc(C(=O)OC(C(=O)c2c[nH]c3ccccc23)c2ccccc2)c1OC. The van der Waals surface area contributed by atoms with Crippen LogP contribution in [0.5, 0.6) is 11.5 Å². The zero-order valence-corrected chi connectivity index (χ0v) is 17.1. The van der Waals surface area contributed by atoms with Crippen LogP contribution in [0, 0.1) is 0 Å². The molecular weight excluding hydrogens is 394 g/mol. The largest absolute Gasteiger partial charge is 0.493 e. The van der Waals surface area contributed by atoms with E-state index in [4.69, 9.17) is 14.2 Å². The number of benzene rings is 3. The van der Waals surface area contributed by atoms with Crippen LogP contribution in [0.3, 0.4) is 0 Å². The lowest BCUT2D eigenvalue weighted by Gasteiger charge is -2.18. The lowest BCUT2D eigenvalue weighted by Crippen LogP contribution is -2.20. The number of ketones is 1. The van der Waals surface area contributed by atoms with Crippen LogP contribution in [0.4, 0.5) is 0 Å². The Kier molecular flexibility index (Phi) is 5.71. The van der Waals surface area contributed by atoms with Crippen LogP contribution in [-0.2, 0) is 4.74 Å². The Bertz CT molecular complexity index is 1230. The summed E-state index contributed by atoms with van der Waals surface area (Å²) in [5.41, 5.74) is 2.04. The Labute approximate surface area is 179 Å². The van der Waals surface area contributed by atoms with Gasteiger partial charge in [-0.15, -0.1) is 0 Å². The van der Waals surface area contributed by atoms with Gasteiger partial charge in [-0.1, -0.05) is 54.6 Å². The number of hydrogen-bond acceptors (Lipinski definition) is 5. The summed E-state index contributed by atoms with van der Waals surface area (Å²) < 4.78 is 16.4. The highest BCUT2D eigenvalue weighted by Gasteiger charge is 2.30. The number of aromatic amines is 1. The number of ether oxygens (including phenoxy) is 3. The molecule has 6 heteroatoms. The molecule has 0 aliphatic heterocycles. The summed E-state index contributed by atoms with van der Waals surface area (Å²) >= 11 is 0. The maximum Gasteiger partial charge on any atom is 0.343 e. The number of fused-ring (bicyclic) bond motifs is 1. The Morgan fingerprint density at radius 2 is 1.55 bits per heavy atom. The molecule has 4 aromatic rings. The van der Waals surface area contributed by atoms with Crippen molar-refractivity contribution in [3.05, 3.63) is 95.7 Å². The van der Waals surface area contributed by atoms with Crippen molar-refractivity contribution in [2.75, 3.05) is 14.2 Å². The van der Waals surface area contributed by atoms with Crippen LogP contribution in [0.2, 0.25) is 0 Å². The summed E-state index contributed by atoms with van der Waals surface area (Å²) in [4.78, 5) is 29.7. The van der Waals surface area contributed by atoms with Gasteiger partial charge in [0.1, 0.15) is 5.56 Å². The van der Waals surface area contributed by atoms with Gasteiger partial charge < -0.3 is 19.2 Å². The molecule has 4 rings (SSSR count). The third-order valence-corrected chi connectivity index (χ3v) is 5.04. The van der Waals surface area contributed by atoms with Crippen molar-refractivity contribution in [2.45, 2.75) is 6.10 Å². The molecule has 0 spiro atoms. The second-order valence-electron chi connectivity index (χ2n) is 6.85. The third-order valence-electron chi connectivity index (χ3n) is 5.04. The van der Waals surface area contributed by atoms with Crippen LogP contribution < -0.4 is 9.47 Å². The summed E-state index contributed by atoms with van der Waals surface area (Å²) in [6.45, 7) is 0. The van der Waals surface area contributed by atoms with Gasteiger partial charge in [0.25, 0.3) is 0 Å². The molecule has 0 radical (unpaired) electrons. The van der Waals surface area contributed by atoms with Gasteiger partial charge in [0.2, 0.25) is 5.78 Å². The molecule has 6 nitrogen and oxygen atoms in total. The van der Waals surface area contributed by atoms with Crippen LogP contribution in [0.25, 0.3) is 10.9 Å². The highest BCUT2D eigenvalue weighted by molar-refractivity contribution is 6.11. The predicted molar refractivity (Wildman–Crippen MR) is 117 cm³/mol. The molecule has 0 aliphatic rings. The molecule has 0 amide bonds. The minimum atomic E-state index is -1.12. The van der Waals surface area contributed by atoms with Crippen LogP contribution in [-0.4, -0.2) is 31.0 Å². The maximum absolute atomic E-state index is 13.5. The van der Waals surface area contributed by atoms with Gasteiger partial charge in [0, 0.05) is 28.2 Å². The van der Waals surface area contributed by atoms with Crippen molar-refractivity contribution in [1.82, 2.24) is 4.98 Å². The van der Waals surface area contributed by atoms with Crippen LogP contribution in [0.15, 0.2) is 79.0 Å². The first kappa shape index (κ1) is 20.2.